The van der Waals surface area contributed by atoms with Crippen LogP contribution in [0.4, 0.5) is 0 Å². The van der Waals surface area contributed by atoms with Crippen molar-refractivity contribution in [2.45, 2.75) is 43.7 Å². The molecule has 2 aromatic rings. The van der Waals surface area contributed by atoms with Crippen molar-refractivity contribution in [3.8, 4) is 0 Å². The molecule has 0 aliphatic carbocycles. The lowest BCUT2D eigenvalue weighted by molar-refractivity contribution is -0.117. The number of thiazole rings is 1. The molecule has 122 valence electrons. The summed E-state index contributed by atoms with van der Waals surface area (Å²) >= 11 is 2.86. The van der Waals surface area contributed by atoms with Crippen LogP contribution >= 0.6 is 23.1 Å². The first-order valence-electron chi connectivity index (χ1n) is 7.30. The first-order valence-corrected chi connectivity index (χ1v) is 9.00. The molecule has 1 amide bonds. The molecule has 1 atom stereocenters. The molecule has 1 heterocycles. The molecule has 1 aromatic heterocycles. The van der Waals surface area contributed by atoms with E-state index in [9.17, 15) is 9.59 Å². The number of hydrogen-bond acceptors (Lipinski definition) is 5. The molecule has 1 unspecified atom stereocenters. The monoisotopic (exact) mass is 348 g/mol. The van der Waals surface area contributed by atoms with Gasteiger partial charge in [0.25, 0.3) is 0 Å². The average molecular weight is 348 g/mol. The molecular formula is C17H20N2O2S2. The summed E-state index contributed by atoms with van der Waals surface area (Å²) in [6.45, 7) is 7.67. The van der Waals surface area contributed by atoms with Gasteiger partial charge in [-0.15, -0.1) is 11.3 Å². The molecule has 2 N–H and O–H groups in total. The number of thioether (sulfide) groups is 1. The van der Waals surface area contributed by atoms with Gasteiger partial charge < -0.3 is 5.73 Å². The van der Waals surface area contributed by atoms with Crippen LogP contribution in [-0.4, -0.2) is 21.9 Å². The topological polar surface area (TPSA) is 73.1 Å². The number of amides is 1. The third-order valence-corrected chi connectivity index (χ3v) is 5.86. The molecule has 0 fully saturated rings. The SMILES string of the molecule is Cc1ccc(C)c(C(=O)C(C)Sc2nc(C)c(CC(N)=O)s2)c1. The molecule has 6 heteroatoms. The summed E-state index contributed by atoms with van der Waals surface area (Å²) in [7, 11) is 0. The predicted molar refractivity (Wildman–Crippen MR) is 95.3 cm³/mol. The zero-order chi connectivity index (χ0) is 17.1. The fourth-order valence-corrected chi connectivity index (χ4v) is 4.65. The van der Waals surface area contributed by atoms with Crippen LogP contribution in [0, 0.1) is 20.8 Å². The number of carbonyl (C=O) groups excluding carboxylic acids is 2. The van der Waals surface area contributed by atoms with Crippen LogP contribution in [0.25, 0.3) is 0 Å². The third-order valence-electron chi connectivity index (χ3n) is 3.51. The van der Waals surface area contributed by atoms with Gasteiger partial charge >= 0.3 is 0 Å². The second-order valence-corrected chi connectivity index (χ2v) is 8.25. The maximum Gasteiger partial charge on any atom is 0.222 e. The van der Waals surface area contributed by atoms with Crippen molar-refractivity contribution in [2.75, 3.05) is 0 Å². The number of aromatic nitrogens is 1. The van der Waals surface area contributed by atoms with E-state index in [0.717, 1.165) is 31.6 Å². The number of Topliss-reactive ketones (excluding diaryl/α,β-unsaturated/α-hetero) is 1. The molecule has 23 heavy (non-hydrogen) atoms. The molecule has 0 radical (unpaired) electrons. The van der Waals surface area contributed by atoms with Crippen LogP contribution < -0.4 is 5.73 Å². The van der Waals surface area contributed by atoms with Crippen molar-refractivity contribution in [3.63, 3.8) is 0 Å². The predicted octanol–water partition coefficient (Wildman–Crippen LogP) is 3.46. The molecule has 0 saturated carbocycles. The third kappa shape index (κ3) is 4.42. The van der Waals surface area contributed by atoms with E-state index in [-0.39, 0.29) is 23.4 Å². The Labute approximate surface area is 144 Å². The first-order chi connectivity index (χ1) is 10.8. The highest BCUT2D eigenvalue weighted by molar-refractivity contribution is 8.02. The second-order valence-electron chi connectivity index (χ2n) is 5.57. The number of ketones is 1. The number of nitrogens with zero attached hydrogens (tertiary/aromatic N) is 1. The molecular weight excluding hydrogens is 328 g/mol. The van der Waals surface area contributed by atoms with Crippen molar-refractivity contribution in [1.82, 2.24) is 4.98 Å². The van der Waals surface area contributed by atoms with Gasteiger partial charge in [-0.25, -0.2) is 4.98 Å². The number of aryl methyl sites for hydroxylation is 3. The lowest BCUT2D eigenvalue weighted by Gasteiger charge is -2.11. The van der Waals surface area contributed by atoms with Gasteiger partial charge in [-0.3, -0.25) is 9.59 Å². The molecule has 0 bridgehead atoms. The number of rotatable bonds is 6. The molecule has 0 aliphatic rings. The maximum atomic E-state index is 12.7. The Bertz CT molecular complexity index is 753. The fourth-order valence-electron chi connectivity index (χ4n) is 2.20. The van der Waals surface area contributed by atoms with E-state index in [1.54, 1.807) is 0 Å². The Kier molecular flexibility index (Phi) is 5.59. The molecule has 0 aliphatic heterocycles. The van der Waals surface area contributed by atoms with Gasteiger partial charge in [0.1, 0.15) is 0 Å². The minimum absolute atomic E-state index is 0.0977. The summed E-state index contributed by atoms with van der Waals surface area (Å²) in [4.78, 5) is 29.0. The summed E-state index contributed by atoms with van der Waals surface area (Å²) in [6.07, 6.45) is 0.198. The molecule has 1 aromatic carbocycles. The molecule has 4 nitrogen and oxygen atoms in total. The van der Waals surface area contributed by atoms with Crippen LogP contribution in [-0.2, 0) is 11.2 Å². The van der Waals surface area contributed by atoms with E-state index < -0.39 is 0 Å². The quantitative estimate of drug-likeness (QED) is 0.641. The first kappa shape index (κ1) is 17.7. The van der Waals surface area contributed by atoms with Gasteiger partial charge in [0.05, 0.1) is 17.4 Å². The summed E-state index contributed by atoms with van der Waals surface area (Å²) in [5.41, 5.74) is 8.86. The van der Waals surface area contributed by atoms with E-state index >= 15 is 0 Å². The van der Waals surface area contributed by atoms with Gasteiger partial charge in [-0.1, -0.05) is 29.5 Å². The summed E-state index contributed by atoms with van der Waals surface area (Å²) in [5.74, 6) is -0.270. The Morgan fingerprint density at radius 2 is 2.00 bits per heavy atom. The molecule has 0 saturated heterocycles. The lowest BCUT2D eigenvalue weighted by Crippen LogP contribution is -2.15. The van der Waals surface area contributed by atoms with Gasteiger partial charge in [0, 0.05) is 10.4 Å². The summed E-state index contributed by atoms with van der Waals surface area (Å²) in [5, 5.41) is -0.234. The fraction of sp³-hybridized carbons (Fsp3) is 0.353. The highest BCUT2D eigenvalue weighted by Gasteiger charge is 2.21. The number of carbonyl (C=O) groups is 2. The number of primary amides is 1. The van der Waals surface area contributed by atoms with Crippen molar-refractivity contribution in [1.29, 1.82) is 0 Å². The smallest absolute Gasteiger partial charge is 0.222 e. The van der Waals surface area contributed by atoms with Crippen molar-refractivity contribution in [2.24, 2.45) is 5.73 Å². The zero-order valence-electron chi connectivity index (χ0n) is 13.7. The Morgan fingerprint density at radius 3 is 2.65 bits per heavy atom. The van der Waals surface area contributed by atoms with Crippen LogP contribution in [0.1, 0.15) is 39.0 Å². The minimum atomic E-state index is -0.368. The molecule has 2 rings (SSSR count). The highest BCUT2D eigenvalue weighted by Crippen LogP contribution is 2.32. The van der Waals surface area contributed by atoms with Crippen molar-refractivity contribution < 1.29 is 9.59 Å². The zero-order valence-corrected chi connectivity index (χ0v) is 15.3. The number of nitrogens with two attached hydrogens (primary N) is 1. The minimum Gasteiger partial charge on any atom is -0.369 e. The van der Waals surface area contributed by atoms with Gasteiger partial charge in [-0.05, 0) is 39.3 Å². The maximum absolute atomic E-state index is 12.7. The van der Waals surface area contributed by atoms with E-state index in [4.69, 9.17) is 5.73 Å². The standard InChI is InChI=1S/C17H20N2O2S2/c1-9-5-6-10(2)13(7-9)16(21)12(4)22-17-19-11(3)14(23-17)8-15(18)20/h5-7,12H,8H2,1-4H3,(H2,18,20). The van der Waals surface area contributed by atoms with Crippen molar-refractivity contribution in [3.05, 3.63) is 45.5 Å². The van der Waals surface area contributed by atoms with E-state index in [2.05, 4.69) is 4.98 Å². The van der Waals surface area contributed by atoms with E-state index in [0.29, 0.717) is 0 Å². The summed E-state index contributed by atoms with van der Waals surface area (Å²) < 4.78 is 0.796. The molecule has 0 spiro atoms. The number of benzene rings is 1. The van der Waals surface area contributed by atoms with Crippen LogP contribution in [0.2, 0.25) is 0 Å². The Hall–Kier alpha value is -1.66. The second kappa shape index (κ2) is 7.27. The van der Waals surface area contributed by atoms with E-state index in [1.165, 1.54) is 23.1 Å². The van der Waals surface area contributed by atoms with Gasteiger partial charge in [0.15, 0.2) is 10.1 Å². The van der Waals surface area contributed by atoms with E-state index in [1.807, 2.05) is 45.9 Å². The highest BCUT2D eigenvalue weighted by atomic mass is 32.2. The van der Waals surface area contributed by atoms with Crippen LogP contribution in [0.15, 0.2) is 22.5 Å². The Balaban J connectivity index is 2.15. The Morgan fingerprint density at radius 1 is 1.30 bits per heavy atom. The average Bonchev–Trinajstić information content (AvgIpc) is 2.79. The van der Waals surface area contributed by atoms with Crippen LogP contribution in [0.5, 0.6) is 0 Å². The summed E-state index contributed by atoms with van der Waals surface area (Å²) in [6, 6.07) is 5.91. The van der Waals surface area contributed by atoms with Gasteiger partial charge in [-0.2, -0.15) is 0 Å². The normalized spacial score (nSPS) is 12.2. The van der Waals surface area contributed by atoms with Crippen LogP contribution in [0.3, 0.4) is 0 Å². The largest absolute Gasteiger partial charge is 0.369 e. The van der Waals surface area contributed by atoms with Crippen molar-refractivity contribution >= 4 is 34.8 Å². The lowest BCUT2D eigenvalue weighted by atomic mass is 10.0. The number of hydrogen-bond donors (Lipinski definition) is 1. The van der Waals surface area contributed by atoms with Gasteiger partial charge in [0.2, 0.25) is 5.91 Å².